The van der Waals surface area contributed by atoms with E-state index in [-0.39, 0.29) is 24.0 Å². The zero-order valence-electron chi connectivity index (χ0n) is 27.1. The van der Waals surface area contributed by atoms with Gasteiger partial charge in [-0.15, -0.1) is 0 Å². The van der Waals surface area contributed by atoms with Crippen molar-refractivity contribution in [1.82, 2.24) is 9.88 Å². The summed E-state index contributed by atoms with van der Waals surface area (Å²) in [5.41, 5.74) is -0.207. The van der Waals surface area contributed by atoms with Crippen LogP contribution in [0.15, 0.2) is 66.9 Å². The van der Waals surface area contributed by atoms with Crippen molar-refractivity contribution in [2.75, 3.05) is 51.1 Å². The first-order valence-electron chi connectivity index (χ1n) is 15.9. The number of carbonyl (C=O) groups excluding carboxylic acids is 3. The Balaban J connectivity index is 1.09. The Kier molecular flexibility index (Phi) is 9.90. The van der Waals surface area contributed by atoms with Crippen LogP contribution in [0.1, 0.15) is 25.7 Å². The third kappa shape index (κ3) is 7.72. The first kappa shape index (κ1) is 33.6. The van der Waals surface area contributed by atoms with Gasteiger partial charge in [-0.25, -0.2) is 8.78 Å². The molecule has 1 aromatic heterocycles. The normalized spacial score (nSPS) is 15.7. The van der Waals surface area contributed by atoms with Crippen molar-refractivity contribution in [2.24, 2.45) is 11.3 Å². The zero-order chi connectivity index (χ0) is 34.5. The van der Waals surface area contributed by atoms with Gasteiger partial charge in [0.15, 0.2) is 23.1 Å². The third-order valence-corrected chi connectivity index (χ3v) is 8.88. The summed E-state index contributed by atoms with van der Waals surface area (Å²) < 4.78 is 51.0. The van der Waals surface area contributed by atoms with Crippen LogP contribution in [0.25, 0.3) is 10.9 Å². The number of pyridine rings is 1. The summed E-state index contributed by atoms with van der Waals surface area (Å²) in [6.45, 7) is 2.31. The van der Waals surface area contributed by atoms with Gasteiger partial charge in [0, 0.05) is 35.1 Å². The highest BCUT2D eigenvalue weighted by Gasteiger charge is 2.56. The molecule has 0 unspecified atom stereocenters. The van der Waals surface area contributed by atoms with Gasteiger partial charge < -0.3 is 29.6 Å². The van der Waals surface area contributed by atoms with Crippen LogP contribution < -0.4 is 24.8 Å². The minimum atomic E-state index is -1.29. The van der Waals surface area contributed by atoms with E-state index in [2.05, 4.69) is 20.5 Å². The van der Waals surface area contributed by atoms with Crippen molar-refractivity contribution in [3.8, 4) is 23.0 Å². The third-order valence-electron chi connectivity index (χ3n) is 8.88. The van der Waals surface area contributed by atoms with E-state index in [0.717, 1.165) is 32.0 Å². The van der Waals surface area contributed by atoms with Gasteiger partial charge in [-0.2, -0.15) is 0 Å². The Labute approximate surface area is 281 Å². The van der Waals surface area contributed by atoms with Crippen molar-refractivity contribution in [3.05, 3.63) is 78.5 Å². The van der Waals surface area contributed by atoms with Crippen LogP contribution in [0.3, 0.4) is 0 Å². The number of hydrogen-bond donors (Lipinski definition) is 2. The van der Waals surface area contributed by atoms with Crippen LogP contribution in [0.4, 0.5) is 20.2 Å². The number of carbonyl (C=O) groups is 3. The highest BCUT2D eigenvalue weighted by molar-refractivity contribution is 6.16. The van der Waals surface area contributed by atoms with Gasteiger partial charge in [0.2, 0.25) is 11.8 Å². The fourth-order valence-corrected chi connectivity index (χ4v) is 5.75. The number of likely N-dealkylation sites (tertiary alicyclic amines) is 1. The molecule has 0 atom stereocenters. The molecule has 6 rings (SSSR count). The number of amides is 2. The molecule has 2 amide bonds. The molecule has 2 fully saturated rings. The van der Waals surface area contributed by atoms with Crippen LogP contribution in [0, 0.1) is 23.0 Å². The topological polar surface area (TPSA) is 128 Å². The molecule has 11 nitrogen and oxygen atoms in total. The summed E-state index contributed by atoms with van der Waals surface area (Å²) in [5.74, 6) is -0.957. The van der Waals surface area contributed by atoms with Gasteiger partial charge in [-0.3, -0.25) is 24.3 Å². The predicted molar refractivity (Wildman–Crippen MR) is 177 cm³/mol. The summed E-state index contributed by atoms with van der Waals surface area (Å²) in [6.07, 6.45) is 3.97. The Morgan fingerprint density at radius 2 is 1.55 bits per heavy atom. The van der Waals surface area contributed by atoms with Crippen LogP contribution in [-0.2, 0) is 19.1 Å². The molecule has 0 bridgehead atoms. The maximum absolute atomic E-state index is 15.3. The maximum Gasteiger partial charge on any atom is 0.319 e. The Morgan fingerprint density at radius 3 is 2.20 bits per heavy atom. The lowest BCUT2D eigenvalue weighted by molar-refractivity contribution is -0.142. The number of nitrogens with zero attached hydrogens (tertiary/aromatic N) is 2. The molecule has 256 valence electrons. The number of hydrogen-bond acceptors (Lipinski definition) is 9. The van der Waals surface area contributed by atoms with Crippen LogP contribution in [0.5, 0.6) is 23.0 Å². The molecule has 1 aliphatic heterocycles. The van der Waals surface area contributed by atoms with Crippen LogP contribution in [-0.4, -0.2) is 68.1 Å². The zero-order valence-corrected chi connectivity index (χ0v) is 27.1. The second-order valence-electron chi connectivity index (χ2n) is 12.2. The summed E-state index contributed by atoms with van der Waals surface area (Å²) in [4.78, 5) is 44.0. The minimum absolute atomic E-state index is 0.0847. The molecule has 13 heteroatoms. The fourth-order valence-electron chi connectivity index (χ4n) is 5.75. The van der Waals surface area contributed by atoms with E-state index in [4.69, 9.17) is 18.9 Å². The second-order valence-corrected chi connectivity index (χ2v) is 12.2. The molecule has 0 spiro atoms. The van der Waals surface area contributed by atoms with E-state index in [1.54, 1.807) is 24.4 Å². The first-order chi connectivity index (χ1) is 23.7. The highest BCUT2D eigenvalue weighted by atomic mass is 19.1. The number of anilines is 2. The van der Waals surface area contributed by atoms with Gasteiger partial charge in [0.1, 0.15) is 17.0 Å². The second kappa shape index (κ2) is 14.4. The lowest BCUT2D eigenvalue weighted by atomic mass is 9.98. The van der Waals surface area contributed by atoms with Gasteiger partial charge >= 0.3 is 5.97 Å². The average molecular weight is 675 g/mol. The van der Waals surface area contributed by atoms with Crippen molar-refractivity contribution >= 4 is 40.1 Å². The number of aromatic nitrogens is 1. The van der Waals surface area contributed by atoms with Gasteiger partial charge in [-0.05, 0) is 93.2 Å². The number of rotatable bonds is 12. The number of benzene rings is 3. The summed E-state index contributed by atoms with van der Waals surface area (Å²) in [6, 6.07) is 14.3. The number of ether oxygens (including phenoxy) is 4. The number of halogens is 2. The lowest BCUT2D eigenvalue weighted by Gasteiger charge is -2.31. The molecule has 4 aromatic rings. The molecular weight excluding hydrogens is 638 g/mol. The number of esters is 1. The largest absolute Gasteiger partial charge is 0.493 e. The van der Waals surface area contributed by atoms with E-state index in [9.17, 15) is 18.8 Å². The van der Waals surface area contributed by atoms with Gasteiger partial charge in [0.25, 0.3) is 0 Å². The molecule has 2 N–H and O–H groups in total. The Hall–Kier alpha value is -5.30. The van der Waals surface area contributed by atoms with Crippen molar-refractivity contribution < 1.29 is 42.1 Å². The maximum atomic E-state index is 15.3. The molecular formula is C36H36F2N4O7. The standard InChI is InChI=1S/C36H36F2N4O7/c1-46-31-18-26-28(19-32(31)48-21-22-10-15-42(16-11-22)20-33(43)47-2)39-14-9-29(26)49-30-8-7-25(17-27(30)38)41-35(45)36(12-13-36)34(44)40-24-5-3-23(37)4-6-24/h3-9,14,17-19,22H,10-13,15-16,20-21H2,1-2H3,(H,40,44)(H,41,45). The molecule has 3 aromatic carbocycles. The molecule has 0 radical (unpaired) electrons. The van der Waals surface area contributed by atoms with Gasteiger partial charge in [0.05, 0.1) is 32.9 Å². The molecule has 1 saturated heterocycles. The van der Waals surface area contributed by atoms with Crippen molar-refractivity contribution in [2.45, 2.75) is 25.7 Å². The molecule has 2 heterocycles. The molecule has 1 saturated carbocycles. The lowest BCUT2D eigenvalue weighted by Crippen LogP contribution is -2.39. The Bertz CT molecular complexity index is 1860. The first-order valence-corrected chi connectivity index (χ1v) is 15.9. The number of piperidine rings is 1. The predicted octanol–water partition coefficient (Wildman–Crippen LogP) is 5.94. The van der Waals surface area contributed by atoms with E-state index in [1.807, 2.05) is 0 Å². The van der Waals surface area contributed by atoms with E-state index in [0.29, 0.717) is 59.2 Å². The SMILES string of the molecule is COC(=O)CN1CCC(COc2cc3nccc(Oc4ccc(NC(=O)C5(C(=O)Nc6ccc(F)cc6)CC5)cc4F)c3cc2OC)CC1. The summed E-state index contributed by atoms with van der Waals surface area (Å²) in [5, 5.41) is 5.85. The van der Waals surface area contributed by atoms with Gasteiger partial charge in [-0.1, -0.05) is 0 Å². The Morgan fingerprint density at radius 1 is 0.857 bits per heavy atom. The smallest absolute Gasteiger partial charge is 0.319 e. The number of fused-ring (bicyclic) bond motifs is 1. The number of nitrogens with one attached hydrogen (secondary N) is 2. The monoisotopic (exact) mass is 674 g/mol. The fraction of sp³-hybridized carbons (Fsp3) is 0.333. The average Bonchev–Trinajstić information content (AvgIpc) is 3.92. The van der Waals surface area contributed by atoms with E-state index >= 15 is 4.39 Å². The number of methoxy groups -OCH3 is 2. The van der Waals surface area contributed by atoms with E-state index in [1.165, 1.54) is 50.6 Å². The minimum Gasteiger partial charge on any atom is -0.493 e. The quantitative estimate of drug-likeness (QED) is 0.139. The van der Waals surface area contributed by atoms with Crippen molar-refractivity contribution in [3.63, 3.8) is 0 Å². The highest BCUT2D eigenvalue weighted by Crippen LogP contribution is 2.48. The molecule has 2 aliphatic rings. The van der Waals surface area contributed by atoms with Crippen LogP contribution >= 0.6 is 0 Å². The van der Waals surface area contributed by atoms with Crippen molar-refractivity contribution in [1.29, 1.82) is 0 Å². The molecule has 1 aliphatic carbocycles. The van der Waals surface area contributed by atoms with E-state index < -0.39 is 28.9 Å². The molecule has 49 heavy (non-hydrogen) atoms. The summed E-state index contributed by atoms with van der Waals surface area (Å²) in [7, 11) is 2.92. The summed E-state index contributed by atoms with van der Waals surface area (Å²) >= 11 is 0. The van der Waals surface area contributed by atoms with Crippen LogP contribution in [0.2, 0.25) is 0 Å².